The minimum absolute atomic E-state index is 0.106. The fraction of sp³-hybridized carbons (Fsp3) is 0.522. The van der Waals surface area contributed by atoms with Gasteiger partial charge in [-0.15, -0.1) is 0 Å². The van der Waals surface area contributed by atoms with Gasteiger partial charge in [-0.3, -0.25) is 19.1 Å². The van der Waals surface area contributed by atoms with E-state index in [9.17, 15) is 18.0 Å². The summed E-state index contributed by atoms with van der Waals surface area (Å²) in [6, 6.07) is 2.50. The number of hydrogen-bond acceptors (Lipinski definition) is 5. The first kappa shape index (κ1) is 22.1. The van der Waals surface area contributed by atoms with E-state index < -0.39 is 11.9 Å². The number of likely N-dealkylation sites (tertiary alicyclic amines) is 1. The summed E-state index contributed by atoms with van der Waals surface area (Å²) >= 11 is 0. The maximum atomic E-state index is 12.8. The predicted molar refractivity (Wildman–Crippen MR) is 115 cm³/mol. The standard InChI is InChI=1S/C23H26F3N5O2/c1-14-10-30(11-15-2-3-20(27-8-15)23(24,25)26)12-17(14)18-13-31-19(22(32)29-18)9-28-21(31)16-4-6-33-7-5-16/h2-3,8-9,13-14,16-17H,4-7,10-12H2,1H3,(H,29,32). The molecule has 33 heavy (non-hydrogen) atoms. The number of fused-ring (bicyclic) bond motifs is 1. The number of aromatic amines is 1. The van der Waals surface area contributed by atoms with Crippen molar-refractivity contribution in [1.29, 1.82) is 0 Å². The van der Waals surface area contributed by atoms with E-state index in [1.807, 2.05) is 10.6 Å². The molecule has 0 amide bonds. The van der Waals surface area contributed by atoms with Gasteiger partial charge in [0.05, 0.1) is 6.20 Å². The quantitative estimate of drug-likeness (QED) is 0.643. The van der Waals surface area contributed by atoms with Gasteiger partial charge < -0.3 is 9.72 Å². The third kappa shape index (κ3) is 4.41. The van der Waals surface area contributed by atoms with Gasteiger partial charge in [-0.05, 0) is 30.4 Å². The second kappa shape index (κ2) is 8.57. The Morgan fingerprint density at radius 2 is 1.94 bits per heavy atom. The molecule has 0 aliphatic carbocycles. The van der Waals surface area contributed by atoms with Crippen LogP contribution in [-0.2, 0) is 17.5 Å². The first-order valence-electron chi connectivity index (χ1n) is 11.2. The molecule has 10 heteroatoms. The zero-order valence-electron chi connectivity index (χ0n) is 18.3. The Kier molecular flexibility index (Phi) is 5.74. The summed E-state index contributed by atoms with van der Waals surface area (Å²) in [6.45, 7) is 5.52. The molecule has 5 rings (SSSR count). The van der Waals surface area contributed by atoms with E-state index in [2.05, 4.69) is 26.8 Å². The fourth-order valence-corrected chi connectivity index (χ4v) is 5.04. The summed E-state index contributed by atoms with van der Waals surface area (Å²) in [5.74, 6) is 1.55. The summed E-state index contributed by atoms with van der Waals surface area (Å²) < 4.78 is 45.7. The molecule has 0 bridgehead atoms. The third-order valence-corrected chi connectivity index (χ3v) is 6.78. The summed E-state index contributed by atoms with van der Waals surface area (Å²) in [6.07, 6.45) is 2.26. The number of H-pyrrole nitrogens is 1. The van der Waals surface area contributed by atoms with Gasteiger partial charge in [0, 0.05) is 62.8 Å². The number of halogens is 3. The van der Waals surface area contributed by atoms with Crippen molar-refractivity contribution < 1.29 is 17.9 Å². The van der Waals surface area contributed by atoms with Gasteiger partial charge in [0.1, 0.15) is 17.0 Å². The number of aromatic nitrogens is 4. The van der Waals surface area contributed by atoms with E-state index >= 15 is 0 Å². The Labute approximate surface area is 188 Å². The second-order valence-electron chi connectivity index (χ2n) is 9.12. The van der Waals surface area contributed by atoms with Crippen LogP contribution in [0.4, 0.5) is 13.2 Å². The average molecular weight is 461 g/mol. The molecule has 2 aliphatic rings. The summed E-state index contributed by atoms with van der Waals surface area (Å²) in [5.41, 5.74) is 1.09. The van der Waals surface area contributed by atoms with Crippen LogP contribution in [0.5, 0.6) is 0 Å². The van der Waals surface area contributed by atoms with Crippen molar-refractivity contribution in [3.63, 3.8) is 0 Å². The number of pyridine rings is 1. The van der Waals surface area contributed by atoms with Crippen molar-refractivity contribution in [2.45, 2.75) is 44.3 Å². The molecular weight excluding hydrogens is 435 g/mol. The van der Waals surface area contributed by atoms with Gasteiger partial charge in [-0.1, -0.05) is 13.0 Å². The van der Waals surface area contributed by atoms with Crippen LogP contribution in [0, 0.1) is 5.92 Å². The molecule has 176 valence electrons. The number of imidazole rings is 1. The molecule has 7 nitrogen and oxygen atoms in total. The zero-order valence-corrected chi connectivity index (χ0v) is 18.3. The number of hydrogen-bond donors (Lipinski definition) is 1. The molecule has 0 aromatic carbocycles. The molecule has 2 unspecified atom stereocenters. The molecule has 2 atom stereocenters. The fourth-order valence-electron chi connectivity index (χ4n) is 5.04. The van der Waals surface area contributed by atoms with Crippen LogP contribution in [-0.4, -0.2) is 50.6 Å². The molecule has 3 aromatic rings. The van der Waals surface area contributed by atoms with Crippen molar-refractivity contribution in [1.82, 2.24) is 24.3 Å². The Bertz CT molecular complexity index is 1180. The van der Waals surface area contributed by atoms with E-state index in [1.165, 1.54) is 12.3 Å². The third-order valence-electron chi connectivity index (χ3n) is 6.78. The highest BCUT2D eigenvalue weighted by atomic mass is 19.4. The molecule has 2 fully saturated rings. The van der Waals surface area contributed by atoms with Crippen molar-refractivity contribution >= 4 is 5.52 Å². The smallest absolute Gasteiger partial charge is 0.381 e. The van der Waals surface area contributed by atoms with Crippen LogP contribution < -0.4 is 5.56 Å². The molecule has 3 aromatic heterocycles. The number of nitrogens with one attached hydrogen (secondary N) is 1. The van der Waals surface area contributed by atoms with Crippen molar-refractivity contribution in [3.8, 4) is 0 Å². The Hall–Kier alpha value is -2.72. The number of nitrogens with zero attached hydrogens (tertiary/aromatic N) is 4. The highest BCUT2D eigenvalue weighted by Gasteiger charge is 2.34. The highest BCUT2D eigenvalue weighted by molar-refractivity contribution is 5.45. The van der Waals surface area contributed by atoms with Gasteiger partial charge in [-0.2, -0.15) is 13.2 Å². The minimum atomic E-state index is -4.44. The van der Waals surface area contributed by atoms with Crippen molar-refractivity contribution in [2.75, 3.05) is 26.3 Å². The number of alkyl halides is 3. The molecule has 2 saturated heterocycles. The maximum Gasteiger partial charge on any atom is 0.433 e. The predicted octanol–water partition coefficient (Wildman–Crippen LogP) is 3.57. The van der Waals surface area contributed by atoms with Gasteiger partial charge >= 0.3 is 6.18 Å². The van der Waals surface area contributed by atoms with E-state index in [1.54, 1.807) is 6.20 Å². The van der Waals surface area contributed by atoms with Crippen LogP contribution in [0.3, 0.4) is 0 Å². The van der Waals surface area contributed by atoms with Crippen LogP contribution >= 0.6 is 0 Å². The first-order chi connectivity index (χ1) is 15.8. The van der Waals surface area contributed by atoms with Crippen molar-refractivity contribution in [3.05, 3.63) is 63.9 Å². The number of rotatable bonds is 4. The zero-order chi connectivity index (χ0) is 23.2. The molecule has 2 aliphatic heterocycles. The van der Waals surface area contributed by atoms with Crippen LogP contribution in [0.25, 0.3) is 5.52 Å². The summed E-state index contributed by atoms with van der Waals surface area (Å²) in [5, 5.41) is 0. The highest BCUT2D eigenvalue weighted by Crippen LogP contribution is 2.33. The number of ether oxygens (including phenoxy) is 1. The van der Waals surface area contributed by atoms with Gasteiger partial charge in [0.2, 0.25) is 0 Å². The van der Waals surface area contributed by atoms with Gasteiger partial charge in [0.25, 0.3) is 5.56 Å². The van der Waals surface area contributed by atoms with E-state index in [0.29, 0.717) is 31.8 Å². The second-order valence-corrected chi connectivity index (χ2v) is 9.12. The van der Waals surface area contributed by atoms with Crippen LogP contribution in [0.1, 0.15) is 54.4 Å². The Balaban J connectivity index is 1.36. The lowest BCUT2D eigenvalue weighted by atomic mass is 9.95. The van der Waals surface area contributed by atoms with E-state index in [4.69, 9.17) is 4.74 Å². The summed E-state index contributed by atoms with van der Waals surface area (Å²) in [7, 11) is 0. The Morgan fingerprint density at radius 1 is 1.15 bits per heavy atom. The lowest BCUT2D eigenvalue weighted by Gasteiger charge is -2.21. The normalized spacial score (nSPS) is 22.9. The lowest BCUT2D eigenvalue weighted by molar-refractivity contribution is -0.141. The monoisotopic (exact) mass is 461 g/mol. The molecule has 0 saturated carbocycles. The van der Waals surface area contributed by atoms with E-state index in [0.717, 1.165) is 42.5 Å². The van der Waals surface area contributed by atoms with E-state index in [-0.39, 0.29) is 23.3 Å². The molecule has 0 radical (unpaired) electrons. The Morgan fingerprint density at radius 3 is 2.64 bits per heavy atom. The molecule has 5 heterocycles. The molecule has 1 N–H and O–H groups in total. The van der Waals surface area contributed by atoms with Crippen LogP contribution in [0.15, 0.2) is 35.5 Å². The largest absolute Gasteiger partial charge is 0.433 e. The van der Waals surface area contributed by atoms with Gasteiger partial charge in [-0.25, -0.2) is 4.98 Å². The average Bonchev–Trinajstić information content (AvgIpc) is 3.38. The topological polar surface area (TPSA) is 75.5 Å². The SMILES string of the molecule is CC1CN(Cc2ccc(C(F)(F)F)nc2)CC1c1cn2c(C3CCOCC3)ncc2c(=O)[nH]1. The minimum Gasteiger partial charge on any atom is -0.381 e. The van der Waals surface area contributed by atoms with Crippen molar-refractivity contribution in [2.24, 2.45) is 5.92 Å². The first-order valence-corrected chi connectivity index (χ1v) is 11.2. The molecular formula is C23H26F3N5O2. The van der Waals surface area contributed by atoms with Crippen LogP contribution in [0.2, 0.25) is 0 Å². The lowest BCUT2D eigenvalue weighted by Crippen LogP contribution is -2.22. The maximum absolute atomic E-state index is 12.8. The summed E-state index contributed by atoms with van der Waals surface area (Å²) in [4.78, 5) is 26.1. The molecule has 0 spiro atoms. The van der Waals surface area contributed by atoms with Gasteiger partial charge in [0.15, 0.2) is 0 Å².